The molecule has 2 aromatic rings. The number of likely N-dealkylation sites (N-methyl/N-ethyl adjacent to an activating group) is 1. The number of aromatic nitrogens is 2. The van der Waals surface area contributed by atoms with Crippen LogP contribution >= 0.6 is 0 Å². The van der Waals surface area contributed by atoms with E-state index in [4.69, 9.17) is 0 Å². The maximum atomic E-state index is 12.6. The van der Waals surface area contributed by atoms with Crippen LogP contribution < -0.4 is 16.6 Å². The van der Waals surface area contributed by atoms with Crippen LogP contribution in [0.25, 0.3) is 10.9 Å². The molecule has 1 aromatic carbocycles. The maximum absolute atomic E-state index is 12.6. The molecule has 8 heteroatoms. The summed E-state index contributed by atoms with van der Waals surface area (Å²) in [6.07, 6.45) is -4.54. The van der Waals surface area contributed by atoms with Crippen LogP contribution in [0.2, 0.25) is 0 Å². The van der Waals surface area contributed by atoms with Crippen molar-refractivity contribution in [1.29, 1.82) is 0 Å². The first-order valence-electron chi connectivity index (χ1n) is 5.83. The number of hydrogen-bond acceptors (Lipinski definition) is 3. The van der Waals surface area contributed by atoms with Gasteiger partial charge in [0.1, 0.15) is 0 Å². The molecule has 0 amide bonds. The summed E-state index contributed by atoms with van der Waals surface area (Å²) in [5.74, 6) is 0. The number of nitrogens with one attached hydrogen (secondary N) is 2. The fourth-order valence-corrected chi connectivity index (χ4v) is 1.85. The topological polar surface area (TPSA) is 66.9 Å². The van der Waals surface area contributed by atoms with Crippen molar-refractivity contribution in [3.05, 3.63) is 44.6 Å². The zero-order chi connectivity index (χ0) is 14.9. The molecule has 108 valence electrons. The van der Waals surface area contributed by atoms with Gasteiger partial charge in [-0.3, -0.25) is 9.36 Å². The number of fused-ring (bicyclic) bond motifs is 1. The van der Waals surface area contributed by atoms with Gasteiger partial charge in [0.15, 0.2) is 0 Å². The highest BCUT2D eigenvalue weighted by Crippen LogP contribution is 2.30. The average Bonchev–Trinajstić information content (AvgIpc) is 2.37. The van der Waals surface area contributed by atoms with E-state index in [1.807, 2.05) is 0 Å². The normalized spacial score (nSPS) is 12.0. The van der Waals surface area contributed by atoms with Crippen LogP contribution in [0.3, 0.4) is 0 Å². The second-order valence-corrected chi connectivity index (χ2v) is 4.25. The number of nitrogens with zero attached hydrogens (tertiary/aromatic N) is 1. The van der Waals surface area contributed by atoms with Gasteiger partial charge < -0.3 is 10.3 Å². The predicted molar refractivity (Wildman–Crippen MR) is 67.8 cm³/mol. The van der Waals surface area contributed by atoms with E-state index in [9.17, 15) is 22.8 Å². The minimum atomic E-state index is -4.54. The number of halogens is 3. The minimum Gasteiger partial charge on any atom is -0.318 e. The summed E-state index contributed by atoms with van der Waals surface area (Å²) in [5, 5.41) is 2.60. The third-order valence-electron chi connectivity index (χ3n) is 2.89. The average molecular weight is 287 g/mol. The Kier molecular flexibility index (Phi) is 3.67. The summed E-state index contributed by atoms with van der Waals surface area (Å²) in [4.78, 5) is 26.2. The van der Waals surface area contributed by atoms with Crippen LogP contribution in [-0.2, 0) is 12.7 Å². The monoisotopic (exact) mass is 287 g/mol. The lowest BCUT2D eigenvalue weighted by molar-refractivity contribution is -0.137. The minimum absolute atomic E-state index is 0.0802. The lowest BCUT2D eigenvalue weighted by atomic mass is 10.1. The van der Waals surface area contributed by atoms with Crippen LogP contribution in [0.4, 0.5) is 13.2 Å². The molecule has 2 rings (SSSR count). The lowest BCUT2D eigenvalue weighted by Crippen LogP contribution is -2.37. The number of benzene rings is 1. The third-order valence-corrected chi connectivity index (χ3v) is 2.89. The molecule has 1 aromatic heterocycles. The van der Waals surface area contributed by atoms with Crippen molar-refractivity contribution in [3.63, 3.8) is 0 Å². The fourth-order valence-electron chi connectivity index (χ4n) is 1.85. The van der Waals surface area contributed by atoms with E-state index in [-0.39, 0.29) is 17.4 Å². The summed E-state index contributed by atoms with van der Waals surface area (Å²) in [6, 6.07) is 2.67. The number of aromatic amines is 1. The summed E-state index contributed by atoms with van der Waals surface area (Å²) >= 11 is 0. The van der Waals surface area contributed by atoms with Crippen LogP contribution in [-0.4, -0.2) is 23.1 Å². The number of hydrogen-bond donors (Lipinski definition) is 2. The molecule has 0 saturated carbocycles. The van der Waals surface area contributed by atoms with Gasteiger partial charge in [-0.15, -0.1) is 0 Å². The summed E-state index contributed by atoms with van der Waals surface area (Å²) < 4.78 is 38.8. The molecule has 0 saturated heterocycles. The highest BCUT2D eigenvalue weighted by atomic mass is 19.4. The number of rotatable bonds is 3. The molecule has 0 fully saturated rings. The molecule has 0 aliphatic carbocycles. The standard InChI is InChI=1S/C12H12F3N3O2/c1-16-4-5-18-10(19)8-6-7(12(13,14)15)2-3-9(8)17-11(18)20/h2-3,6,16H,4-5H2,1H3,(H,17,20). The van der Waals surface area contributed by atoms with E-state index < -0.39 is 23.0 Å². The van der Waals surface area contributed by atoms with Crippen molar-refractivity contribution in [3.8, 4) is 0 Å². The van der Waals surface area contributed by atoms with Crippen LogP contribution in [0.15, 0.2) is 27.8 Å². The first-order chi connectivity index (χ1) is 9.34. The van der Waals surface area contributed by atoms with Crippen molar-refractivity contribution in [2.24, 2.45) is 0 Å². The van der Waals surface area contributed by atoms with Crippen LogP contribution in [0.5, 0.6) is 0 Å². The molecule has 0 aliphatic rings. The molecule has 0 aliphatic heterocycles. The van der Waals surface area contributed by atoms with Gasteiger partial charge in [-0.1, -0.05) is 0 Å². The second-order valence-electron chi connectivity index (χ2n) is 4.25. The van der Waals surface area contributed by atoms with E-state index in [0.717, 1.165) is 22.8 Å². The number of H-pyrrole nitrogens is 1. The van der Waals surface area contributed by atoms with E-state index in [1.54, 1.807) is 7.05 Å². The van der Waals surface area contributed by atoms with Crippen molar-refractivity contribution in [1.82, 2.24) is 14.9 Å². The van der Waals surface area contributed by atoms with E-state index in [0.29, 0.717) is 6.54 Å². The maximum Gasteiger partial charge on any atom is 0.416 e. The van der Waals surface area contributed by atoms with Crippen LogP contribution in [0, 0.1) is 0 Å². The Balaban J connectivity index is 2.68. The molecule has 0 unspecified atom stereocenters. The van der Waals surface area contributed by atoms with Crippen molar-refractivity contribution < 1.29 is 13.2 Å². The Morgan fingerprint density at radius 2 is 2.00 bits per heavy atom. The van der Waals surface area contributed by atoms with Gasteiger partial charge in [-0.2, -0.15) is 13.2 Å². The summed E-state index contributed by atoms with van der Waals surface area (Å²) in [7, 11) is 1.64. The molecule has 2 N–H and O–H groups in total. The van der Waals surface area contributed by atoms with Crippen molar-refractivity contribution in [2.45, 2.75) is 12.7 Å². The van der Waals surface area contributed by atoms with Gasteiger partial charge >= 0.3 is 11.9 Å². The Hall–Kier alpha value is -2.09. The molecule has 0 atom stereocenters. The Bertz CT molecular complexity index is 746. The molecule has 20 heavy (non-hydrogen) atoms. The Morgan fingerprint density at radius 3 is 2.60 bits per heavy atom. The molecule has 5 nitrogen and oxygen atoms in total. The predicted octanol–water partition coefficient (Wildman–Crippen LogP) is 0.928. The van der Waals surface area contributed by atoms with Gasteiger partial charge in [0, 0.05) is 13.1 Å². The molecule has 0 bridgehead atoms. The highest BCUT2D eigenvalue weighted by molar-refractivity contribution is 5.78. The molecule has 1 heterocycles. The molecule has 0 spiro atoms. The van der Waals surface area contributed by atoms with E-state index >= 15 is 0 Å². The second kappa shape index (κ2) is 5.12. The Morgan fingerprint density at radius 1 is 1.30 bits per heavy atom. The SMILES string of the molecule is CNCCn1c(=O)[nH]c2ccc(C(F)(F)F)cc2c1=O. The van der Waals surface area contributed by atoms with Gasteiger partial charge in [0.2, 0.25) is 0 Å². The third kappa shape index (κ3) is 2.60. The van der Waals surface area contributed by atoms with E-state index in [2.05, 4.69) is 10.3 Å². The molecular weight excluding hydrogens is 275 g/mol. The quantitative estimate of drug-likeness (QED) is 0.882. The lowest BCUT2D eigenvalue weighted by Gasteiger charge is -2.09. The van der Waals surface area contributed by atoms with Gasteiger partial charge in [-0.25, -0.2) is 4.79 Å². The first-order valence-corrected chi connectivity index (χ1v) is 5.83. The zero-order valence-electron chi connectivity index (χ0n) is 10.5. The van der Waals surface area contributed by atoms with Crippen molar-refractivity contribution >= 4 is 10.9 Å². The first kappa shape index (κ1) is 14.3. The van der Waals surface area contributed by atoms with E-state index in [1.165, 1.54) is 0 Å². The molecular formula is C12H12F3N3O2. The van der Waals surface area contributed by atoms with Gasteiger partial charge in [0.25, 0.3) is 5.56 Å². The van der Waals surface area contributed by atoms with Crippen molar-refractivity contribution in [2.75, 3.05) is 13.6 Å². The fraction of sp³-hybridized carbons (Fsp3) is 0.333. The summed E-state index contributed by atoms with van der Waals surface area (Å²) in [6.45, 7) is 0.435. The largest absolute Gasteiger partial charge is 0.416 e. The summed E-state index contributed by atoms with van der Waals surface area (Å²) in [5.41, 5.74) is -2.20. The van der Waals surface area contributed by atoms with Gasteiger partial charge in [-0.05, 0) is 25.2 Å². The Labute approximate surface area is 111 Å². The highest BCUT2D eigenvalue weighted by Gasteiger charge is 2.30. The van der Waals surface area contributed by atoms with Crippen LogP contribution in [0.1, 0.15) is 5.56 Å². The number of alkyl halides is 3. The van der Waals surface area contributed by atoms with Gasteiger partial charge in [0.05, 0.1) is 16.5 Å². The molecule has 0 radical (unpaired) electrons. The zero-order valence-corrected chi connectivity index (χ0v) is 10.5. The smallest absolute Gasteiger partial charge is 0.318 e.